The van der Waals surface area contributed by atoms with Gasteiger partial charge in [-0.1, -0.05) is 126 Å². The summed E-state index contributed by atoms with van der Waals surface area (Å²) in [7, 11) is -6.71. The zero-order valence-corrected chi connectivity index (χ0v) is 52.4. The van der Waals surface area contributed by atoms with Crippen LogP contribution in [0.3, 0.4) is 0 Å². The molecule has 0 bridgehead atoms. The van der Waals surface area contributed by atoms with Crippen molar-refractivity contribution in [3.05, 3.63) is 175 Å². The molecule has 0 aliphatic carbocycles. The molecule has 0 atom stereocenters. The first kappa shape index (κ1) is 65.5. The van der Waals surface area contributed by atoms with Crippen LogP contribution in [-0.2, 0) is 24.2 Å². The number of nitrogens with zero attached hydrogens (tertiary/aromatic N) is 5. The topological polar surface area (TPSA) is 200 Å². The van der Waals surface area contributed by atoms with Crippen LogP contribution in [-0.4, -0.2) is 84.4 Å². The van der Waals surface area contributed by atoms with Gasteiger partial charge >= 0.3 is 5.20 Å². The molecular formula is C55H52Cl9N8O6PS2. The van der Waals surface area contributed by atoms with Crippen LogP contribution < -0.4 is 16.4 Å². The van der Waals surface area contributed by atoms with Crippen LogP contribution in [0, 0.1) is 0 Å². The highest BCUT2D eigenvalue weighted by Crippen LogP contribution is 2.61. The molecule has 81 heavy (non-hydrogen) atoms. The number of rotatable bonds is 12. The summed E-state index contributed by atoms with van der Waals surface area (Å²) >= 11 is 53.5. The smallest absolute Gasteiger partial charge is 0.339 e. The number of hydrogen-bond donors (Lipinski definition) is 3. The van der Waals surface area contributed by atoms with Crippen LogP contribution in [0.1, 0.15) is 51.3 Å². The Balaban J connectivity index is 0.000000238. The molecular weight excluding hydrogens is 1280 g/mol. The van der Waals surface area contributed by atoms with Crippen molar-refractivity contribution in [2.24, 2.45) is 10.7 Å². The summed E-state index contributed by atoms with van der Waals surface area (Å²) < 4.78 is 61.1. The van der Waals surface area contributed by atoms with Gasteiger partial charge in [0.1, 0.15) is 28.9 Å². The largest absolute Gasteiger partial charge is 0.362 e. The third-order valence-electron chi connectivity index (χ3n) is 11.7. The molecule has 4 N–H and O–H groups in total. The Hall–Kier alpha value is -4.62. The molecule has 0 unspecified atom stereocenters. The molecule has 6 aromatic carbocycles. The number of hydrogen-bond acceptors (Lipinski definition) is 11. The molecule has 2 aromatic heterocycles. The average molecular weight is 1340 g/mol. The number of nitrogens with two attached hydrogens (primary N) is 1. The minimum absolute atomic E-state index is 0. The number of amidine groups is 1. The second-order valence-corrected chi connectivity index (χ2v) is 32.6. The van der Waals surface area contributed by atoms with E-state index >= 15 is 0 Å². The number of nitrogens with one attached hydrogen (secondary N) is 2. The number of aromatic nitrogens is 4. The van der Waals surface area contributed by atoms with E-state index in [2.05, 4.69) is 68.2 Å². The summed E-state index contributed by atoms with van der Waals surface area (Å²) in [6.45, 7) is 8.60. The van der Waals surface area contributed by atoms with Gasteiger partial charge in [-0.05, 0) is 156 Å². The van der Waals surface area contributed by atoms with Gasteiger partial charge in [0.2, 0.25) is 0 Å². The Labute approximate surface area is 515 Å². The predicted octanol–water partition coefficient (Wildman–Crippen LogP) is 16.2. The highest BCUT2D eigenvalue weighted by atomic mass is 36.0. The third-order valence-corrected chi connectivity index (χ3v) is 15.7. The average Bonchev–Trinajstić information content (AvgIpc) is 4.10. The summed E-state index contributed by atoms with van der Waals surface area (Å²) in [6.07, 6.45) is 5.75. The van der Waals surface area contributed by atoms with E-state index < -0.39 is 36.3 Å². The monoisotopic (exact) mass is 1330 g/mol. The van der Waals surface area contributed by atoms with E-state index in [0.717, 1.165) is 17.4 Å². The summed E-state index contributed by atoms with van der Waals surface area (Å²) in [5.74, 6) is 1.11. The van der Waals surface area contributed by atoms with Crippen LogP contribution in [0.5, 0.6) is 0 Å². The van der Waals surface area contributed by atoms with Gasteiger partial charge in [-0.15, -0.1) is 0 Å². The number of aliphatic imine (C=N–C) groups is 1. The highest BCUT2D eigenvalue weighted by Gasteiger charge is 2.29. The van der Waals surface area contributed by atoms with Crippen molar-refractivity contribution in [2.75, 3.05) is 25.6 Å². The molecule has 0 saturated carbocycles. The molecule has 0 fully saturated rings. The van der Waals surface area contributed by atoms with Crippen LogP contribution in [0.25, 0.3) is 56.4 Å². The maximum Gasteiger partial charge on any atom is 0.339 e. The summed E-state index contributed by atoms with van der Waals surface area (Å²) in [5.41, 5.74) is 11.1. The minimum Gasteiger partial charge on any atom is -0.362 e. The SMILES string of the molecule is C.CC(C)(N)CNC(=O)c1cn(-c2ccc(-c3cccc(S(C)(=O)=O)c3)cc2Cl)c(-c2c(Cl)cccc2Cl)n1.CC1(C)CN=C(c2cn(-c3ccc(-c4cccc(S(C)(=O)=O)c4)cc3Cl)c(-c3c(Cl)cccc3Cl)n2)N1.O=P(Cl)(Cl)Cl. The van der Waals surface area contributed by atoms with E-state index in [0.29, 0.717) is 93.5 Å². The maximum atomic E-state index is 12.9. The standard InChI is InChI=1S/C27H25Cl3N4O3S.C27H23Cl3N4O2S.CH4.Cl3OP/c1-27(2,31)15-32-26(35)22-14-34(25(33-22)24-19(28)8-5-9-20(24)29)23-11-10-17(13-21(23)30)16-6-4-7-18(12-16)38(3,36)37;1-27(2)15-31-25(33-27)22-14-34(26(32-22)24-19(28)8-5-9-20(24)29)23-11-10-17(13-21(23)30)16-6-4-7-18(12-16)37(3,35)36;;1-5(2,3)4/h4-14H,15,31H2,1-3H3,(H,32,35);4-14H,15H2,1-3H3,(H,31,33);1H4;. The summed E-state index contributed by atoms with van der Waals surface area (Å²) in [5, 5.41) is 5.37. The zero-order valence-electron chi connectivity index (χ0n) is 43.0. The van der Waals surface area contributed by atoms with Crippen molar-refractivity contribution in [1.82, 2.24) is 29.7 Å². The lowest BCUT2D eigenvalue weighted by atomic mass is 10.1. The first-order chi connectivity index (χ1) is 37.2. The molecule has 1 aliphatic rings. The maximum absolute atomic E-state index is 12.9. The molecule has 0 spiro atoms. The van der Waals surface area contributed by atoms with Crippen molar-refractivity contribution in [3.8, 4) is 56.4 Å². The molecule has 9 rings (SSSR count). The van der Waals surface area contributed by atoms with Crippen molar-refractivity contribution in [3.63, 3.8) is 0 Å². The molecule has 0 saturated heterocycles. The van der Waals surface area contributed by atoms with Crippen molar-refractivity contribution >= 4 is 140 Å². The van der Waals surface area contributed by atoms with Crippen LogP contribution in [0.4, 0.5) is 0 Å². The van der Waals surface area contributed by atoms with Gasteiger partial charge in [0.25, 0.3) is 5.91 Å². The first-order valence-electron chi connectivity index (χ1n) is 23.5. The number of amides is 1. The Bertz CT molecular complexity index is 3960. The number of sulfone groups is 2. The number of carbonyl (C=O) groups is 1. The van der Waals surface area contributed by atoms with Gasteiger partial charge < -0.3 is 16.4 Å². The fourth-order valence-electron chi connectivity index (χ4n) is 7.92. The van der Waals surface area contributed by atoms with Gasteiger partial charge in [-0.3, -0.25) is 23.5 Å². The van der Waals surface area contributed by atoms with Crippen molar-refractivity contribution in [1.29, 1.82) is 0 Å². The van der Waals surface area contributed by atoms with E-state index in [-0.39, 0.29) is 35.0 Å². The summed E-state index contributed by atoms with van der Waals surface area (Å²) in [4.78, 5) is 27.4. The second kappa shape index (κ2) is 26.1. The molecule has 14 nitrogen and oxygen atoms in total. The van der Waals surface area contributed by atoms with Crippen LogP contribution in [0.15, 0.2) is 149 Å². The van der Waals surface area contributed by atoms with E-state index in [1.54, 1.807) is 122 Å². The Morgan fingerprint density at radius 2 is 1.04 bits per heavy atom. The second-order valence-electron chi connectivity index (χ2n) is 19.5. The van der Waals surface area contributed by atoms with E-state index in [1.807, 2.05) is 29.0 Å². The molecule has 26 heteroatoms. The number of carbonyl (C=O) groups excluding carboxylic acids is 1. The van der Waals surface area contributed by atoms with Gasteiger partial charge in [-0.25, -0.2) is 26.8 Å². The molecule has 8 aromatic rings. The van der Waals surface area contributed by atoms with E-state index in [9.17, 15) is 26.2 Å². The summed E-state index contributed by atoms with van der Waals surface area (Å²) in [6, 6.07) is 34.5. The quantitative estimate of drug-likeness (QED) is 0.0989. The van der Waals surface area contributed by atoms with Gasteiger partial charge in [0.15, 0.2) is 19.7 Å². The lowest BCUT2D eigenvalue weighted by molar-refractivity contribution is 0.0941. The molecule has 1 amide bonds. The Morgan fingerprint density at radius 3 is 1.42 bits per heavy atom. The third kappa shape index (κ3) is 17.0. The lowest BCUT2D eigenvalue weighted by Gasteiger charge is -2.18. The zero-order chi connectivity index (χ0) is 58.9. The molecule has 428 valence electrons. The van der Waals surface area contributed by atoms with Crippen molar-refractivity contribution in [2.45, 2.75) is 56.0 Å². The van der Waals surface area contributed by atoms with Gasteiger partial charge in [0.05, 0.1) is 74.5 Å². The fourth-order valence-corrected chi connectivity index (χ4v) is 10.9. The molecule has 0 radical (unpaired) electrons. The number of benzene rings is 6. The Kier molecular flexibility index (Phi) is 21.1. The first-order valence-corrected chi connectivity index (χ1v) is 34.0. The normalized spacial score (nSPS) is 13.2. The number of halogens is 9. The lowest BCUT2D eigenvalue weighted by Crippen LogP contribution is -2.45. The number of imidazole rings is 2. The van der Waals surface area contributed by atoms with Gasteiger partial charge in [0, 0.05) is 37.0 Å². The molecule has 1 aliphatic heterocycles. The van der Waals surface area contributed by atoms with E-state index in [1.165, 1.54) is 12.3 Å². The van der Waals surface area contributed by atoms with Gasteiger partial charge in [-0.2, -0.15) is 0 Å². The van der Waals surface area contributed by atoms with E-state index in [4.69, 9.17) is 80.3 Å². The minimum atomic E-state index is -3.37. The van der Waals surface area contributed by atoms with Crippen LogP contribution in [0.2, 0.25) is 30.1 Å². The van der Waals surface area contributed by atoms with Crippen LogP contribution >= 0.6 is 109 Å². The van der Waals surface area contributed by atoms with Crippen molar-refractivity contribution < 1.29 is 26.2 Å². The predicted molar refractivity (Wildman–Crippen MR) is 336 cm³/mol. The highest BCUT2D eigenvalue weighted by molar-refractivity contribution is 8.24. The fraction of sp³-hybridized carbons (Fsp3) is 0.200. The Morgan fingerprint density at radius 1 is 0.642 bits per heavy atom. The molecule has 3 heterocycles.